The van der Waals surface area contributed by atoms with Crippen LogP contribution >= 0.6 is 11.8 Å². The molecule has 0 N–H and O–H groups in total. The Kier molecular flexibility index (Phi) is 15.9. The van der Waals surface area contributed by atoms with E-state index >= 15 is 0 Å². The molecule has 2 nitrogen and oxygen atoms in total. The first kappa shape index (κ1) is 18.3. The van der Waals surface area contributed by atoms with E-state index in [2.05, 4.69) is 4.99 Å². The van der Waals surface area contributed by atoms with E-state index in [9.17, 15) is 8.78 Å². The Balaban J connectivity index is 0. The van der Waals surface area contributed by atoms with Gasteiger partial charge in [-0.15, -0.1) is 11.8 Å². The minimum atomic E-state index is -1.63. The van der Waals surface area contributed by atoms with Crippen molar-refractivity contribution in [1.29, 1.82) is 5.26 Å². The topological polar surface area (TPSA) is 36.1 Å². The summed E-state index contributed by atoms with van der Waals surface area (Å²) in [4.78, 5) is 3.34. The van der Waals surface area contributed by atoms with Gasteiger partial charge in [0.15, 0.2) is 0 Å². The molecule has 0 heterocycles. The van der Waals surface area contributed by atoms with E-state index in [0.29, 0.717) is 23.0 Å². The van der Waals surface area contributed by atoms with Crippen molar-refractivity contribution >= 4 is 28.8 Å². The summed E-state index contributed by atoms with van der Waals surface area (Å²) in [6.07, 6.45) is 2.72. The minimum Gasteiger partial charge on any atom is -0.752 e. The fraction of sp³-hybridized carbons (Fsp3) is 0.500. The van der Waals surface area contributed by atoms with Crippen LogP contribution in [-0.4, -0.2) is 10.1 Å². The molecule has 15 heavy (non-hydrogen) atoms. The number of unbranched alkanes of at least 4 members (excludes halogenated alkanes) is 2. The maximum absolute atomic E-state index is 11.6. The molecular weight excluding hydrogens is 265 g/mol. The minimum absolute atomic E-state index is 0. The van der Waals surface area contributed by atoms with Crippen molar-refractivity contribution in [2.45, 2.75) is 19.3 Å². The van der Waals surface area contributed by atoms with Gasteiger partial charge >= 0.3 is 51.4 Å². The zero-order chi connectivity index (χ0) is 10.8. The normalized spacial score (nSPS) is 10.1. The molecule has 0 aromatic rings. The van der Waals surface area contributed by atoms with Crippen LogP contribution in [0.5, 0.6) is 0 Å². The fourth-order valence-electron chi connectivity index (χ4n) is 0.690. The molecule has 0 aromatic heterocycles. The van der Waals surface area contributed by atoms with Crippen LogP contribution in [0.15, 0.2) is 17.1 Å². The van der Waals surface area contributed by atoms with Crippen molar-refractivity contribution in [2.24, 2.45) is 4.99 Å². The van der Waals surface area contributed by atoms with Crippen molar-refractivity contribution in [1.82, 2.24) is 0 Å². The number of aliphatic imine (C=N–C) groups is 1. The predicted molar refractivity (Wildman–Crippen MR) is 57.0 cm³/mol. The first-order valence-electron chi connectivity index (χ1n) is 3.94. The molecule has 0 aliphatic carbocycles. The van der Waals surface area contributed by atoms with Gasteiger partial charge in [0, 0.05) is 0 Å². The van der Waals surface area contributed by atoms with Gasteiger partial charge in [0.25, 0.3) is 6.08 Å². The maximum atomic E-state index is 11.6. The van der Waals surface area contributed by atoms with Gasteiger partial charge < -0.3 is 12.6 Å². The Bertz CT molecular complexity index is 260. The van der Waals surface area contributed by atoms with Gasteiger partial charge in [-0.1, -0.05) is 0 Å². The Labute approximate surface area is 140 Å². The second-order valence-electron chi connectivity index (χ2n) is 2.32. The molecule has 0 rings (SSSR count). The molecule has 0 aromatic carbocycles. The molecule has 0 aliphatic rings. The molecule has 0 aliphatic heterocycles. The van der Waals surface area contributed by atoms with Crippen molar-refractivity contribution in [3.63, 3.8) is 0 Å². The first-order valence-corrected chi connectivity index (χ1v) is 5.34. The van der Waals surface area contributed by atoms with Crippen LogP contribution in [0.1, 0.15) is 19.3 Å². The molecule has 0 amide bonds. The van der Waals surface area contributed by atoms with Crippen LogP contribution in [-0.2, 0) is 12.6 Å². The molecule has 0 atom stereocenters. The summed E-state index contributed by atoms with van der Waals surface area (Å²) in [5, 5.41) is 8.13. The molecule has 0 spiro atoms. The number of hydrogen-bond donors (Lipinski definition) is 0. The number of hydrogen-bond acceptors (Lipinski definition) is 4. The summed E-state index contributed by atoms with van der Waals surface area (Å²) < 4.78 is 23.4. The summed E-state index contributed by atoms with van der Waals surface area (Å²) in [7, 11) is 0. The summed E-state index contributed by atoms with van der Waals surface area (Å²) in [5.74, 6) is 0.714. The zero-order valence-corrected chi connectivity index (χ0v) is 13.1. The van der Waals surface area contributed by atoms with Crippen LogP contribution in [0.25, 0.3) is 0 Å². The molecular formula is C8H9F2KN2S2. The molecule has 7 heteroatoms. The van der Waals surface area contributed by atoms with Gasteiger partial charge in [-0.05, 0) is 35.5 Å². The van der Waals surface area contributed by atoms with Crippen molar-refractivity contribution in [2.75, 3.05) is 5.75 Å². The number of nitriles is 1. The standard InChI is InChI=1S/C8H10F2N2S2.K/c9-7(10)4-2-1-3-5-14-8(13)12-6-11;/h4H,1-3,5H2,(H,12,13);/q;+1/p-1. The number of allylic oxidation sites excluding steroid dienone is 1. The molecule has 0 saturated heterocycles. The van der Waals surface area contributed by atoms with Crippen LogP contribution in [0.4, 0.5) is 8.78 Å². The van der Waals surface area contributed by atoms with E-state index in [1.165, 1.54) is 11.8 Å². The molecule has 0 bridgehead atoms. The SMILES string of the molecule is N#CN=C([S-])SCCCCC=C(F)F.[K+]. The Morgan fingerprint density at radius 2 is 2.13 bits per heavy atom. The monoisotopic (exact) mass is 274 g/mol. The van der Waals surface area contributed by atoms with E-state index < -0.39 is 6.08 Å². The third-order valence-electron chi connectivity index (χ3n) is 1.26. The number of nitrogens with zero attached hydrogens (tertiary/aromatic N) is 2. The van der Waals surface area contributed by atoms with Crippen molar-refractivity contribution in [3.8, 4) is 6.19 Å². The predicted octanol–water partition coefficient (Wildman–Crippen LogP) is 0.0583. The van der Waals surface area contributed by atoms with E-state index in [1.807, 2.05) is 0 Å². The second-order valence-corrected chi connectivity index (χ2v) is 4.04. The van der Waals surface area contributed by atoms with Gasteiger partial charge in [0.2, 0.25) is 6.19 Å². The molecule has 0 saturated carbocycles. The van der Waals surface area contributed by atoms with Gasteiger partial charge in [-0.2, -0.15) is 19.0 Å². The Hall–Kier alpha value is 0.966. The Morgan fingerprint density at radius 1 is 1.47 bits per heavy atom. The largest absolute Gasteiger partial charge is 1.00 e. The zero-order valence-electron chi connectivity index (χ0n) is 8.37. The van der Waals surface area contributed by atoms with Crippen molar-refractivity contribution in [3.05, 3.63) is 12.2 Å². The van der Waals surface area contributed by atoms with E-state index in [1.54, 1.807) is 6.19 Å². The van der Waals surface area contributed by atoms with E-state index in [0.717, 1.165) is 12.5 Å². The average Bonchev–Trinajstić information content (AvgIpc) is 2.11. The molecule has 0 unspecified atom stereocenters. The van der Waals surface area contributed by atoms with E-state index in [4.69, 9.17) is 17.9 Å². The summed E-state index contributed by atoms with van der Waals surface area (Å²) in [6, 6.07) is 0. The number of thioether (sulfide) groups is 1. The molecule has 78 valence electrons. The quantitative estimate of drug-likeness (QED) is 0.178. The van der Waals surface area contributed by atoms with Gasteiger partial charge in [0.1, 0.15) is 0 Å². The van der Waals surface area contributed by atoms with E-state index in [-0.39, 0.29) is 51.4 Å². The van der Waals surface area contributed by atoms with Gasteiger partial charge in [-0.25, -0.2) is 0 Å². The number of halogens is 2. The van der Waals surface area contributed by atoms with Crippen LogP contribution < -0.4 is 51.4 Å². The summed E-state index contributed by atoms with van der Waals surface area (Å²) >= 11 is 6.01. The third kappa shape index (κ3) is 15.0. The van der Waals surface area contributed by atoms with Gasteiger partial charge in [-0.3, -0.25) is 0 Å². The van der Waals surface area contributed by atoms with Crippen LogP contribution in [0.2, 0.25) is 0 Å². The third-order valence-corrected chi connectivity index (χ3v) is 2.54. The smallest absolute Gasteiger partial charge is 0.752 e. The fourth-order valence-corrected chi connectivity index (χ4v) is 1.61. The van der Waals surface area contributed by atoms with Crippen molar-refractivity contribution < 1.29 is 60.2 Å². The Morgan fingerprint density at radius 3 is 2.67 bits per heavy atom. The summed E-state index contributed by atoms with van der Waals surface area (Å²) in [5.41, 5.74) is 0. The average molecular weight is 274 g/mol. The first-order chi connectivity index (χ1) is 6.66. The molecule has 0 fully saturated rings. The molecule has 0 radical (unpaired) electrons. The van der Waals surface area contributed by atoms with Crippen LogP contribution in [0, 0.1) is 11.5 Å². The summed E-state index contributed by atoms with van der Waals surface area (Å²) in [6.45, 7) is 0. The van der Waals surface area contributed by atoms with Gasteiger partial charge in [0.05, 0.1) is 0 Å². The number of rotatable bonds is 5. The maximum Gasteiger partial charge on any atom is 1.00 e. The second kappa shape index (κ2) is 13.0. The van der Waals surface area contributed by atoms with Crippen LogP contribution in [0.3, 0.4) is 0 Å².